The second kappa shape index (κ2) is 31.8. The number of carbonyl (C=O) groups excluding carboxylic acids is 3. The average molecular weight is 1020 g/mol. The average Bonchev–Trinajstić information content (AvgIpc) is 3.29. The maximum absolute atomic E-state index is 13.8. The molecule has 0 fully saturated rings. The van der Waals surface area contributed by atoms with E-state index >= 15 is 0 Å². The van der Waals surface area contributed by atoms with E-state index in [1.165, 1.54) is 62.6 Å². The molecule has 0 radical (unpaired) electrons. The van der Waals surface area contributed by atoms with Crippen molar-refractivity contribution in [1.82, 2.24) is 9.55 Å². The number of aliphatic hydroxyl groups excluding tert-OH is 3. The van der Waals surface area contributed by atoms with Crippen LogP contribution in [-0.4, -0.2) is 103 Å². The Balaban J connectivity index is 1.83. The number of carbonyl (C=O) groups is 3. The van der Waals surface area contributed by atoms with Gasteiger partial charge in [0.25, 0.3) is 0 Å². The summed E-state index contributed by atoms with van der Waals surface area (Å²) < 4.78 is 58.9. The molecule has 2 aliphatic rings. The summed E-state index contributed by atoms with van der Waals surface area (Å²) in [6, 6.07) is 1.28. The summed E-state index contributed by atoms with van der Waals surface area (Å²) in [5, 5.41) is 33.8. The molecule has 1 aromatic heterocycles. The molecule has 0 spiro atoms. The number of ether oxygens (including phenoxy) is 3. The summed E-state index contributed by atoms with van der Waals surface area (Å²) in [6.07, 6.45) is 13.8. The summed E-state index contributed by atoms with van der Waals surface area (Å²) >= 11 is 0. The van der Waals surface area contributed by atoms with Crippen molar-refractivity contribution >= 4 is 39.2 Å². The number of nitrogen functional groups attached to an aromatic ring is 1. The number of anilines is 1. The first-order chi connectivity index (χ1) is 32.8. The molecule has 3 unspecified atom stereocenters. The van der Waals surface area contributed by atoms with Crippen LogP contribution in [-0.2, 0) is 51.1 Å². The van der Waals surface area contributed by atoms with Crippen molar-refractivity contribution in [2.45, 2.75) is 180 Å². The Kier molecular flexibility index (Phi) is 27.7. The molecular formula is C47H77N3O17P2. The highest BCUT2D eigenvalue weighted by atomic mass is 31.3. The van der Waals surface area contributed by atoms with Gasteiger partial charge in [-0.1, -0.05) is 128 Å². The summed E-state index contributed by atoms with van der Waals surface area (Å²) in [6.45, 7) is 3.83. The third-order valence-electron chi connectivity index (χ3n) is 12.0. The van der Waals surface area contributed by atoms with Crippen LogP contribution in [0.15, 0.2) is 53.5 Å². The lowest BCUT2D eigenvalue weighted by molar-refractivity contribution is -0.167. The van der Waals surface area contributed by atoms with Crippen LogP contribution >= 0.6 is 15.6 Å². The largest absolute Gasteiger partial charge is 0.481 e. The number of ketones is 1. The number of hydrogen-bond donors (Lipinski definition) is 6. The van der Waals surface area contributed by atoms with E-state index in [0.29, 0.717) is 25.7 Å². The van der Waals surface area contributed by atoms with Crippen LogP contribution in [0.25, 0.3) is 0 Å². The van der Waals surface area contributed by atoms with E-state index in [0.717, 1.165) is 55.1 Å². The van der Waals surface area contributed by atoms with Gasteiger partial charge in [-0.3, -0.25) is 28.0 Å². The first-order valence-corrected chi connectivity index (χ1v) is 27.4. The van der Waals surface area contributed by atoms with Gasteiger partial charge in [0, 0.05) is 25.0 Å². The number of rotatable bonds is 21. The van der Waals surface area contributed by atoms with Crippen LogP contribution in [0.2, 0.25) is 0 Å². The normalized spacial score (nSPS) is 29.1. The van der Waals surface area contributed by atoms with Gasteiger partial charge in [0.1, 0.15) is 30.9 Å². The van der Waals surface area contributed by atoms with E-state index < -0.39 is 107 Å². The van der Waals surface area contributed by atoms with Crippen LogP contribution in [0.1, 0.15) is 149 Å². The van der Waals surface area contributed by atoms with Gasteiger partial charge >= 0.3 is 33.3 Å². The van der Waals surface area contributed by atoms with E-state index in [1.807, 2.05) is 6.92 Å². The van der Waals surface area contributed by atoms with Crippen molar-refractivity contribution in [3.05, 3.63) is 59.2 Å². The van der Waals surface area contributed by atoms with Crippen molar-refractivity contribution in [2.24, 2.45) is 17.8 Å². The molecule has 69 heavy (non-hydrogen) atoms. The minimum absolute atomic E-state index is 0.0529. The van der Waals surface area contributed by atoms with Crippen LogP contribution in [0.3, 0.4) is 0 Å². The number of allylic oxidation sites excluding steroid dienone is 3. The molecule has 0 saturated carbocycles. The Bertz CT molecular complexity index is 1960. The zero-order valence-corrected chi connectivity index (χ0v) is 42.2. The standard InChI is InChI=1S/C47H77N3O17P2/c1-4-6-15-22-36(51)26-27-38-39(52)28-25-35-21-17-13-14-19-24-43(54)65-37(31-62-42(53)23-18-12-10-8-7-9-11-16-20-34(3)5-2)32-63-68(58,59)67-69(60,61)64-33-40(45(56)44(38)55)66-46(35)50-30-29-41(48)49-47(50)57/h13,17,25-30,34-38,40,44-46,51,55-56H,4-12,14-16,18-24,31-33H2,1-3H3,(H,58,59)(H,60,61)(H2,48,49,57)/b17-13?,27-26+,28-25?/t34?,35-,36-,37+,38-,40+,44-,45+,46+/m0/s1. The molecule has 7 N–H and O–H groups in total. The number of esters is 2. The lowest BCUT2D eigenvalue weighted by atomic mass is 9.88. The predicted molar refractivity (Wildman–Crippen MR) is 256 cm³/mol. The molecule has 0 aromatic carbocycles. The molecule has 3 rings (SSSR count). The van der Waals surface area contributed by atoms with Crippen LogP contribution in [0, 0.1) is 17.8 Å². The zero-order valence-electron chi connectivity index (χ0n) is 40.4. The van der Waals surface area contributed by atoms with Gasteiger partial charge in [0.05, 0.1) is 31.3 Å². The number of hydrogen-bond acceptors (Lipinski definition) is 17. The van der Waals surface area contributed by atoms with Crippen molar-refractivity contribution in [3.63, 3.8) is 0 Å². The molecule has 11 atom stereocenters. The van der Waals surface area contributed by atoms with E-state index in [-0.39, 0.29) is 31.5 Å². The molecule has 0 amide bonds. The van der Waals surface area contributed by atoms with Gasteiger partial charge < -0.3 is 45.1 Å². The van der Waals surface area contributed by atoms with Crippen LogP contribution in [0.4, 0.5) is 5.82 Å². The summed E-state index contributed by atoms with van der Waals surface area (Å²) in [4.78, 5) is 77.6. The lowest BCUT2D eigenvalue weighted by Crippen LogP contribution is -2.49. The molecule has 392 valence electrons. The summed E-state index contributed by atoms with van der Waals surface area (Å²) in [7, 11) is -11.2. The molecule has 3 heterocycles. The van der Waals surface area contributed by atoms with Crippen LogP contribution < -0.4 is 11.4 Å². The molecule has 0 saturated heterocycles. The minimum atomic E-state index is -5.67. The Hall–Kier alpha value is -3.39. The molecular weight excluding hydrogens is 940 g/mol. The number of aliphatic hydroxyl groups is 3. The molecule has 2 bridgehead atoms. The Morgan fingerprint density at radius 3 is 2.29 bits per heavy atom. The fourth-order valence-corrected chi connectivity index (χ4v) is 9.78. The minimum Gasteiger partial charge on any atom is -0.462 e. The maximum Gasteiger partial charge on any atom is 0.481 e. The molecule has 0 aliphatic carbocycles. The number of unbranched alkanes of at least 4 members (excludes halogenated alkanes) is 9. The van der Waals surface area contributed by atoms with Crippen molar-refractivity contribution in [2.75, 3.05) is 25.6 Å². The van der Waals surface area contributed by atoms with Gasteiger partial charge in [0.2, 0.25) is 0 Å². The number of nitrogens with zero attached hydrogens (tertiary/aromatic N) is 2. The van der Waals surface area contributed by atoms with Crippen LogP contribution in [0.5, 0.6) is 0 Å². The molecule has 1 aromatic rings. The van der Waals surface area contributed by atoms with Gasteiger partial charge in [-0.15, -0.1) is 0 Å². The highest BCUT2D eigenvalue weighted by molar-refractivity contribution is 7.61. The fraction of sp³-hybridized carbons (Fsp3) is 0.723. The summed E-state index contributed by atoms with van der Waals surface area (Å²) in [5.74, 6) is -3.90. The van der Waals surface area contributed by atoms with Gasteiger partial charge in [-0.2, -0.15) is 9.29 Å². The lowest BCUT2D eigenvalue weighted by Gasteiger charge is -2.36. The monoisotopic (exact) mass is 1020 g/mol. The number of aromatic nitrogens is 2. The highest BCUT2D eigenvalue weighted by Gasteiger charge is 2.42. The summed E-state index contributed by atoms with van der Waals surface area (Å²) in [5.41, 5.74) is 4.83. The molecule has 2 aliphatic heterocycles. The predicted octanol–water partition coefficient (Wildman–Crippen LogP) is 7.08. The Labute approximate surface area is 405 Å². The number of phosphoric acid groups is 2. The molecule has 22 heteroatoms. The number of cyclic esters (lactones) is 1. The van der Waals surface area contributed by atoms with E-state index in [2.05, 4.69) is 23.1 Å². The molecule has 20 nitrogen and oxygen atoms in total. The van der Waals surface area contributed by atoms with E-state index in [1.54, 1.807) is 12.2 Å². The quantitative estimate of drug-likeness (QED) is 0.0310. The van der Waals surface area contributed by atoms with Crippen molar-refractivity contribution in [3.8, 4) is 0 Å². The SMILES string of the molecule is CCCCC[C@H](O)/C=C/[C@H]1C(=O)C=C[C@@H]2CC=CCCCC(=O)O[C@H](COC(=O)CCCCCCCCCCC(C)CC)COP(=O)(O)OP(=O)(O)OC[C@@H](O[C@H]2n2ccc(N)nc2=O)[C@@H](O)[C@H]1O. The number of fused-ring (bicyclic) bond motifs is 3. The zero-order chi connectivity index (χ0) is 50.8. The third kappa shape index (κ3) is 23.6. The van der Waals surface area contributed by atoms with Crippen molar-refractivity contribution < 1.29 is 76.2 Å². The number of nitrogens with two attached hydrogens (primary N) is 1. The highest BCUT2D eigenvalue weighted by Crippen LogP contribution is 2.60. The van der Waals surface area contributed by atoms with Gasteiger partial charge in [0.15, 0.2) is 11.9 Å². The second-order valence-electron chi connectivity index (χ2n) is 17.9. The second-order valence-corrected chi connectivity index (χ2v) is 20.9. The number of phosphoric ester groups is 2. The fourth-order valence-electron chi connectivity index (χ4n) is 7.67. The van der Waals surface area contributed by atoms with E-state index in [9.17, 15) is 53.4 Å². The maximum atomic E-state index is 13.8. The Morgan fingerprint density at radius 2 is 1.61 bits per heavy atom. The van der Waals surface area contributed by atoms with Crippen molar-refractivity contribution in [1.29, 1.82) is 0 Å². The Morgan fingerprint density at radius 1 is 0.942 bits per heavy atom. The first-order valence-electron chi connectivity index (χ1n) is 24.4. The topological polar surface area (TPSA) is 303 Å². The smallest absolute Gasteiger partial charge is 0.462 e. The third-order valence-corrected chi connectivity index (χ3v) is 14.6. The van der Waals surface area contributed by atoms with Gasteiger partial charge in [-0.05, 0) is 50.2 Å². The first kappa shape index (κ1) is 59.9. The van der Waals surface area contributed by atoms with E-state index in [4.69, 9.17) is 29.0 Å². The van der Waals surface area contributed by atoms with Gasteiger partial charge in [-0.25, -0.2) is 13.9 Å².